The number of hydrogen-bond acceptors (Lipinski definition) is 6. The highest BCUT2D eigenvalue weighted by atomic mass is 16.5. The van der Waals surface area contributed by atoms with Gasteiger partial charge in [-0.3, -0.25) is 14.8 Å². The number of guanidine groups is 1. The summed E-state index contributed by atoms with van der Waals surface area (Å²) in [7, 11) is 4.11. The van der Waals surface area contributed by atoms with Crippen LogP contribution >= 0.6 is 0 Å². The molecule has 0 amide bonds. The number of rotatable bonds is 7. The van der Waals surface area contributed by atoms with E-state index in [1.807, 2.05) is 18.2 Å². The van der Waals surface area contributed by atoms with Gasteiger partial charge < -0.3 is 19.2 Å². The molecule has 2 aromatic heterocycles. The summed E-state index contributed by atoms with van der Waals surface area (Å²) in [5.74, 6) is 1.91. The fourth-order valence-electron chi connectivity index (χ4n) is 3.25. The fraction of sp³-hybridized carbons (Fsp3) is 0.579. The molecule has 0 saturated carbocycles. The van der Waals surface area contributed by atoms with Gasteiger partial charge in [-0.1, -0.05) is 5.16 Å². The van der Waals surface area contributed by atoms with Crippen molar-refractivity contribution in [3.8, 4) is 0 Å². The minimum absolute atomic E-state index is 0.127. The highest BCUT2D eigenvalue weighted by molar-refractivity contribution is 5.80. The molecule has 3 heterocycles. The second-order valence-electron chi connectivity index (χ2n) is 6.94. The highest BCUT2D eigenvalue weighted by Gasteiger charge is 2.22. The van der Waals surface area contributed by atoms with Gasteiger partial charge in [-0.25, -0.2) is 0 Å². The quantitative estimate of drug-likeness (QED) is 0.583. The van der Waals surface area contributed by atoms with Crippen LogP contribution in [0.5, 0.6) is 0 Å². The summed E-state index contributed by atoms with van der Waals surface area (Å²) in [4.78, 5) is 11.8. The van der Waals surface area contributed by atoms with Crippen LogP contribution in [0.3, 0.4) is 0 Å². The smallest absolute Gasteiger partial charge is 0.194 e. The van der Waals surface area contributed by atoms with E-state index < -0.39 is 0 Å². The Bertz CT molecular complexity index is 675. The summed E-state index contributed by atoms with van der Waals surface area (Å²) in [5.41, 5.74) is 0.983. The van der Waals surface area contributed by atoms with Gasteiger partial charge >= 0.3 is 0 Å². The SMILES string of the molecule is CCNC(=NCC(c1ccco1)N(C)C)N1CCN(Cc2ccon2)CC1. The van der Waals surface area contributed by atoms with Crippen molar-refractivity contribution in [3.63, 3.8) is 0 Å². The lowest BCUT2D eigenvalue weighted by molar-refractivity contribution is 0.168. The molecule has 1 fully saturated rings. The number of aliphatic imine (C=N–C) groups is 1. The Hall–Kier alpha value is -2.32. The lowest BCUT2D eigenvalue weighted by Gasteiger charge is -2.36. The van der Waals surface area contributed by atoms with Crippen LogP contribution in [0, 0.1) is 0 Å². The van der Waals surface area contributed by atoms with Crippen molar-refractivity contribution < 1.29 is 8.94 Å². The molecule has 0 aromatic carbocycles. The zero-order valence-corrected chi connectivity index (χ0v) is 16.5. The molecule has 1 aliphatic heterocycles. The van der Waals surface area contributed by atoms with Gasteiger partial charge in [-0.2, -0.15) is 0 Å². The number of nitrogens with zero attached hydrogens (tertiary/aromatic N) is 5. The van der Waals surface area contributed by atoms with Gasteiger partial charge in [0, 0.05) is 45.3 Å². The third-order valence-corrected chi connectivity index (χ3v) is 4.79. The summed E-state index contributed by atoms with van der Waals surface area (Å²) in [6, 6.07) is 5.99. The van der Waals surface area contributed by atoms with Crippen molar-refractivity contribution in [1.29, 1.82) is 0 Å². The molecule has 0 spiro atoms. The zero-order valence-electron chi connectivity index (χ0n) is 16.5. The van der Waals surface area contributed by atoms with Crippen molar-refractivity contribution in [2.75, 3.05) is 53.4 Å². The first-order valence-electron chi connectivity index (χ1n) is 9.52. The van der Waals surface area contributed by atoms with Crippen LogP contribution in [-0.2, 0) is 6.54 Å². The van der Waals surface area contributed by atoms with Gasteiger partial charge in [0.1, 0.15) is 12.0 Å². The standard InChI is InChI=1S/C19H30N6O2/c1-4-20-19(21-14-17(23(2)3)18-6-5-12-26-18)25-10-8-24(9-11-25)15-16-7-13-27-22-16/h5-7,12-13,17H,4,8-11,14-15H2,1-3H3,(H,20,21). The molecule has 1 saturated heterocycles. The average molecular weight is 374 g/mol. The number of furan rings is 1. The largest absolute Gasteiger partial charge is 0.468 e. The first kappa shape index (κ1) is 19.4. The Morgan fingerprint density at radius 1 is 1.26 bits per heavy atom. The van der Waals surface area contributed by atoms with Crippen LogP contribution in [0.25, 0.3) is 0 Å². The maximum Gasteiger partial charge on any atom is 0.194 e. The predicted molar refractivity (Wildman–Crippen MR) is 104 cm³/mol. The molecule has 1 aliphatic rings. The van der Waals surface area contributed by atoms with E-state index in [2.05, 4.69) is 46.2 Å². The molecule has 1 atom stereocenters. The van der Waals surface area contributed by atoms with Crippen molar-refractivity contribution in [2.24, 2.45) is 4.99 Å². The number of hydrogen-bond donors (Lipinski definition) is 1. The molecule has 3 rings (SSSR count). The molecule has 1 N–H and O–H groups in total. The maximum absolute atomic E-state index is 5.59. The van der Waals surface area contributed by atoms with Crippen molar-refractivity contribution in [1.82, 2.24) is 25.2 Å². The van der Waals surface area contributed by atoms with Crippen molar-refractivity contribution in [3.05, 3.63) is 42.2 Å². The third kappa shape index (κ3) is 5.33. The topological polar surface area (TPSA) is 73.3 Å². The van der Waals surface area contributed by atoms with Crippen molar-refractivity contribution >= 4 is 5.96 Å². The predicted octanol–water partition coefficient (Wildman–Crippen LogP) is 1.65. The average Bonchev–Trinajstić information content (AvgIpc) is 3.36. The number of nitrogens with one attached hydrogen (secondary N) is 1. The van der Waals surface area contributed by atoms with E-state index in [0.717, 1.165) is 56.7 Å². The Balaban J connectivity index is 1.59. The second-order valence-corrected chi connectivity index (χ2v) is 6.94. The fourth-order valence-corrected chi connectivity index (χ4v) is 3.25. The molecule has 0 bridgehead atoms. The Labute approximate surface area is 160 Å². The lowest BCUT2D eigenvalue weighted by Crippen LogP contribution is -2.52. The van der Waals surface area contributed by atoms with Gasteiger partial charge in [-0.15, -0.1) is 0 Å². The molecular formula is C19H30N6O2. The molecule has 1 unspecified atom stereocenters. The van der Waals surface area contributed by atoms with Crippen LogP contribution in [0.1, 0.15) is 24.4 Å². The van der Waals surface area contributed by atoms with Crippen molar-refractivity contribution in [2.45, 2.75) is 19.5 Å². The van der Waals surface area contributed by atoms with Crippen LogP contribution in [0.2, 0.25) is 0 Å². The Morgan fingerprint density at radius 3 is 2.67 bits per heavy atom. The first-order valence-corrected chi connectivity index (χ1v) is 9.52. The summed E-state index contributed by atoms with van der Waals surface area (Å²) in [6.07, 6.45) is 3.34. The molecule has 148 valence electrons. The van der Waals surface area contributed by atoms with Gasteiger partial charge in [-0.05, 0) is 33.2 Å². The summed E-state index contributed by atoms with van der Waals surface area (Å²) in [6.45, 7) is 8.28. The van der Waals surface area contributed by atoms with E-state index >= 15 is 0 Å². The molecule has 0 radical (unpaired) electrons. The minimum atomic E-state index is 0.127. The number of likely N-dealkylation sites (N-methyl/N-ethyl adjacent to an activating group) is 1. The van der Waals surface area contributed by atoms with E-state index in [1.165, 1.54) is 0 Å². The molecular weight excluding hydrogens is 344 g/mol. The Morgan fingerprint density at radius 2 is 2.07 bits per heavy atom. The van der Waals surface area contributed by atoms with Crippen LogP contribution in [0.4, 0.5) is 0 Å². The van der Waals surface area contributed by atoms with E-state index in [-0.39, 0.29) is 6.04 Å². The minimum Gasteiger partial charge on any atom is -0.468 e. The summed E-state index contributed by atoms with van der Waals surface area (Å²) >= 11 is 0. The van der Waals surface area contributed by atoms with E-state index in [9.17, 15) is 0 Å². The van der Waals surface area contributed by atoms with Gasteiger partial charge in [0.2, 0.25) is 0 Å². The van der Waals surface area contributed by atoms with E-state index in [4.69, 9.17) is 13.9 Å². The number of aromatic nitrogens is 1. The molecule has 2 aromatic rings. The normalized spacial score (nSPS) is 17.5. The third-order valence-electron chi connectivity index (χ3n) is 4.79. The van der Waals surface area contributed by atoms with Gasteiger partial charge in [0.05, 0.1) is 24.5 Å². The van der Waals surface area contributed by atoms with E-state index in [1.54, 1.807) is 12.5 Å². The molecule has 27 heavy (non-hydrogen) atoms. The van der Waals surface area contributed by atoms with Crippen LogP contribution in [0.15, 0.2) is 44.7 Å². The maximum atomic E-state index is 5.59. The highest BCUT2D eigenvalue weighted by Crippen LogP contribution is 2.19. The monoisotopic (exact) mass is 374 g/mol. The van der Waals surface area contributed by atoms with Crippen LogP contribution < -0.4 is 5.32 Å². The summed E-state index contributed by atoms with van der Waals surface area (Å²) < 4.78 is 10.5. The van der Waals surface area contributed by atoms with Crippen LogP contribution in [-0.4, -0.2) is 79.2 Å². The van der Waals surface area contributed by atoms with Gasteiger partial charge in [0.25, 0.3) is 0 Å². The second kappa shape index (κ2) is 9.57. The lowest BCUT2D eigenvalue weighted by atomic mass is 10.2. The van der Waals surface area contributed by atoms with Gasteiger partial charge in [0.15, 0.2) is 5.96 Å². The van der Waals surface area contributed by atoms with E-state index in [0.29, 0.717) is 6.54 Å². The first-order chi connectivity index (χ1) is 13.2. The number of piperazine rings is 1. The molecule has 8 nitrogen and oxygen atoms in total. The molecule has 8 heteroatoms. The molecule has 0 aliphatic carbocycles. The Kier molecular flexibility index (Phi) is 6.89. The zero-order chi connectivity index (χ0) is 19.1. The summed E-state index contributed by atoms with van der Waals surface area (Å²) in [5, 5.41) is 7.44.